The Kier molecular flexibility index (Phi) is 4.60. The van der Waals surface area contributed by atoms with Crippen molar-refractivity contribution >= 4 is 34.9 Å². The van der Waals surface area contributed by atoms with Crippen molar-refractivity contribution in [2.75, 3.05) is 6.26 Å². The molecular formula is C11H12FN3S3. The number of aromatic nitrogens is 2. The number of rotatable bonds is 4. The van der Waals surface area contributed by atoms with Gasteiger partial charge in [0.2, 0.25) is 0 Å². The average Bonchev–Trinajstić information content (AvgIpc) is 2.79. The van der Waals surface area contributed by atoms with Gasteiger partial charge in [-0.25, -0.2) is 4.39 Å². The highest BCUT2D eigenvalue weighted by molar-refractivity contribution is 8.03. The van der Waals surface area contributed by atoms with Gasteiger partial charge in [0.1, 0.15) is 5.82 Å². The molecule has 96 valence electrons. The third-order valence-electron chi connectivity index (χ3n) is 2.22. The molecule has 0 saturated carbocycles. The summed E-state index contributed by atoms with van der Waals surface area (Å²) in [5, 5.41) is 8.11. The van der Waals surface area contributed by atoms with Crippen molar-refractivity contribution in [1.29, 1.82) is 0 Å². The molecule has 0 radical (unpaired) electrons. The summed E-state index contributed by atoms with van der Waals surface area (Å²) in [5.41, 5.74) is 6.64. The molecule has 0 saturated heterocycles. The Hall–Kier alpha value is -0.630. The van der Waals surface area contributed by atoms with Gasteiger partial charge < -0.3 is 5.73 Å². The molecule has 0 bridgehead atoms. The Morgan fingerprint density at radius 1 is 1.33 bits per heavy atom. The average molecular weight is 301 g/mol. The van der Waals surface area contributed by atoms with Crippen LogP contribution in [0.25, 0.3) is 0 Å². The van der Waals surface area contributed by atoms with Crippen molar-refractivity contribution in [3.8, 4) is 0 Å². The van der Waals surface area contributed by atoms with Crippen molar-refractivity contribution in [3.05, 3.63) is 29.6 Å². The van der Waals surface area contributed by atoms with E-state index in [1.54, 1.807) is 17.8 Å². The number of thioether (sulfide) groups is 1. The van der Waals surface area contributed by atoms with Gasteiger partial charge in [0.25, 0.3) is 0 Å². The Morgan fingerprint density at radius 2 is 2.06 bits per heavy atom. The minimum Gasteiger partial charge on any atom is -0.324 e. The molecule has 1 aromatic heterocycles. The smallest absolute Gasteiger partial charge is 0.179 e. The number of hydrogen-bond donors (Lipinski definition) is 1. The lowest BCUT2D eigenvalue weighted by atomic mass is 10.1. The molecule has 18 heavy (non-hydrogen) atoms. The minimum atomic E-state index is -0.270. The number of nitrogens with two attached hydrogens (primary N) is 1. The summed E-state index contributed by atoms with van der Waals surface area (Å²) >= 11 is 4.55. The molecule has 1 atom stereocenters. The molecule has 0 amide bonds. The van der Waals surface area contributed by atoms with Gasteiger partial charge >= 0.3 is 0 Å². The molecule has 0 aliphatic rings. The largest absolute Gasteiger partial charge is 0.324 e. The van der Waals surface area contributed by atoms with Crippen molar-refractivity contribution in [2.45, 2.75) is 26.5 Å². The zero-order chi connectivity index (χ0) is 13.1. The predicted octanol–water partition coefficient (Wildman–Crippen LogP) is 3.57. The first-order valence-corrected chi connectivity index (χ1v) is 8.06. The summed E-state index contributed by atoms with van der Waals surface area (Å²) in [6.07, 6.45) is 1.96. The molecule has 0 aliphatic heterocycles. The second kappa shape index (κ2) is 6.01. The van der Waals surface area contributed by atoms with Gasteiger partial charge in [0.15, 0.2) is 8.68 Å². The van der Waals surface area contributed by atoms with Crippen LogP contribution in [0.4, 0.5) is 4.39 Å². The first-order valence-electron chi connectivity index (χ1n) is 5.20. The van der Waals surface area contributed by atoms with Crippen LogP contribution in [-0.4, -0.2) is 16.5 Å². The Balaban J connectivity index is 2.28. The van der Waals surface area contributed by atoms with E-state index in [0.717, 1.165) is 19.1 Å². The highest BCUT2D eigenvalue weighted by Gasteiger charge is 2.12. The lowest BCUT2D eigenvalue weighted by Gasteiger charge is -2.10. The van der Waals surface area contributed by atoms with Crippen LogP contribution in [-0.2, 0) is 0 Å². The van der Waals surface area contributed by atoms with Crippen LogP contribution in [0, 0.1) is 5.82 Å². The van der Waals surface area contributed by atoms with E-state index in [4.69, 9.17) is 5.73 Å². The summed E-state index contributed by atoms with van der Waals surface area (Å²) in [7, 11) is 0. The number of nitrogens with zero attached hydrogens (tertiary/aromatic N) is 2. The van der Waals surface area contributed by atoms with Crippen LogP contribution in [0.15, 0.2) is 31.8 Å². The van der Waals surface area contributed by atoms with Crippen molar-refractivity contribution in [1.82, 2.24) is 10.2 Å². The van der Waals surface area contributed by atoms with Gasteiger partial charge in [-0.3, -0.25) is 0 Å². The molecule has 7 heteroatoms. The second-order valence-corrected chi connectivity index (χ2v) is 6.93. The van der Waals surface area contributed by atoms with E-state index in [2.05, 4.69) is 10.2 Å². The van der Waals surface area contributed by atoms with Crippen LogP contribution < -0.4 is 5.73 Å². The van der Waals surface area contributed by atoms with E-state index >= 15 is 0 Å². The van der Waals surface area contributed by atoms with Crippen molar-refractivity contribution in [3.63, 3.8) is 0 Å². The summed E-state index contributed by atoms with van der Waals surface area (Å²) in [6.45, 7) is 1.84. The van der Waals surface area contributed by atoms with Crippen LogP contribution in [0.2, 0.25) is 0 Å². The summed E-state index contributed by atoms with van der Waals surface area (Å²) in [6, 6.07) is 4.43. The van der Waals surface area contributed by atoms with E-state index in [-0.39, 0.29) is 11.9 Å². The van der Waals surface area contributed by atoms with E-state index < -0.39 is 0 Å². The van der Waals surface area contributed by atoms with Gasteiger partial charge in [0, 0.05) is 10.9 Å². The first-order chi connectivity index (χ1) is 8.60. The summed E-state index contributed by atoms with van der Waals surface area (Å²) in [5.74, 6) is -0.270. The third kappa shape index (κ3) is 3.23. The van der Waals surface area contributed by atoms with E-state index in [0.29, 0.717) is 0 Å². The monoisotopic (exact) mass is 301 g/mol. The number of halogens is 1. The van der Waals surface area contributed by atoms with Gasteiger partial charge in [-0.1, -0.05) is 34.9 Å². The highest BCUT2D eigenvalue weighted by Crippen LogP contribution is 2.36. The van der Waals surface area contributed by atoms with Crippen LogP contribution in [0.1, 0.15) is 18.5 Å². The Labute approximate surface area is 117 Å². The van der Waals surface area contributed by atoms with Crippen LogP contribution in [0.5, 0.6) is 0 Å². The summed E-state index contributed by atoms with van der Waals surface area (Å²) in [4.78, 5) is 0.926. The maximum atomic E-state index is 13.2. The normalized spacial score (nSPS) is 12.7. The topological polar surface area (TPSA) is 51.8 Å². The Morgan fingerprint density at radius 3 is 2.67 bits per heavy atom. The van der Waals surface area contributed by atoms with Crippen LogP contribution >= 0.6 is 34.9 Å². The Bertz CT molecular complexity index is 542. The van der Waals surface area contributed by atoms with Crippen LogP contribution in [0.3, 0.4) is 0 Å². The first kappa shape index (κ1) is 13.8. The predicted molar refractivity (Wildman–Crippen MR) is 74.8 cm³/mol. The molecular weight excluding hydrogens is 289 g/mol. The molecule has 2 rings (SSSR count). The second-order valence-electron chi connectivity index (χ2n) is 3.61. The van der Waals surface area contributed by atoms with Gasteiger partial charge in [-0.2, -0.15) is 0 Å². The van der Waals surface area contributed by atoms with Gasteiger partial charge in [0.05, 0.1) is 0 Å². The lowest BCUT2D eigenvalue weighted by molar-refractivity contribution is 0.619. The fraction of sp³-hybridized carbons (Fsp3) is 0.273. The molecule has 0 fully saturated rings. The summed E-state index contributed by atoms with van der Waals surface area (Å²) < 4.78 is 15.0. The molecule has 0 aliphatic carbocycles. The molecule has 3 nitrogen and oxygen atoms in total. The highest BCUT2D eigenvalue weighted by atomic mass is 32.2. The molecule has 2 N–H and O–H groups in total. The number of benzene rings is 1. The molecule has 0 spiro atoms. The SMILES string of the molecule is CSc1nnc(Sc2ccc(F)cc2[C@H](C)N)s1. The van der Waals surface area contributed by atoms with E-state index in [1.165, 1.54) is 35.2 Å². The number of hydrogen-bond acceptors (Lipinski definition) is 6. The molecule has 1 aromatic carbocycles. The maximum Gasteiger partial charge on any atom is 0.179 e. The molecule has 2 aromatic rings. The van der Waals surface area contributed by atoms with E-state index in [1.807, 2.05) is 13.2 Å². The molecule has 1 heterocycles. The zero-order valence-corrected chi connectivity index (χ0v) is 12.3. The van der Waals surface area contributed by atoms with E-state index in [9.17, 15) is 4.39 Å². The quantitative estimate of drug-likeness (QED) is 0.875. The van der Waals surface area contributed by atoms with Gasteiger partial charge in [-0.15, -0.1) is 10.2 Å². The van der Waals surface area contributed by atoms with Crippen molar-refractivity contribution in [2.24, 2.45) is 5.73 Å². The maximum absolute atomic E-state index is 13.2. The third-order valence-corrected chi connectivity index (χ3v) is 5.26. The minimum absolute atomic E-state index is 0.212. The molecule has 0 unspecified atom stereocenters. The van der Waals surface area contributed by atoms with Crippen molar-refractivity contribution < 1.29 is 4.39 Å². The lowest BCUT2D eigenvalue weighted by Crippen LogP contribution is -2.06. The zero-order valence-electron chi connectivity index (χ0n) is 9.88. The fourth-order valence-electron chi connectivity index (χ4n) is 1.38. The van der Waals surface area contributed by atoms with Gasteiger partial charge in [-0.05, 0) is 36.9 Å². The standard InChI is InChI=1S/C11H12FN3S3/c1-6(13)8-5-7(12)3-4-9(8)17-11-15-14-10(16-2)18-11/h3-6H,13H2,1-2H3/t6-/m0/s1. The fourth-order valence-corrected chi connectivity index (χ4v) is 3.99.